The predicted molar refractivity (Wildman–Crippen MR) is 279 cm³/mol. The Morgan fingerprint density at radius 2 is 0.382 bits per heavy atom. The number of rotatable bonds is 4. The van der Waals surface area contributed by atoms with Crippen LogP contribution in [0.3, 0.4) is 0 Å². The highest BCUT2D eigenvalue weighted by Gasteiger charge is 2.38. The Labute approximate surface area is 442 Å². The van der Waals surface area contributed by atoms with Crippen LogP contribution in [0.15, 0.2) is 139 Å². The molecule has 0 unspecified atom stereocenters. The van der Waals surface area contributed by atoms with Gasteiger partial charge in [-0.3, -0.25) is 0 Å². The van der Waals surface area contributed by atoms with Crippen molar-refractivity contribution in [3.05, 3.63) is 226 Å². The van der Waals surface area contributed by atoms with Crippen molar-refractivity contribution in [1.82, 2.24) is 0 Å². The van der Waals surface area contributed by atoms with Crippen LogP contribution in [0.25, 0.3) is 0 Å². The molecule has 0 aromatic heterocycles. The van der Waals surface area contributed by atoms with Crippen molar-refractivity contribution in [1.29, 1.82) is 0 Å². The molecule has 68 heavy (non-hydrogen) atoms. The predicted octanol–water partition coefficient (Wildman–Crippen LogP) is 16.0. The summed E-state index contributed by atoms with van der Waals surface area (Å²) >= 11 is 39.7. The smallest absolute Gasteiger partial charge is 0.137 e. The third kappa shape index (κ3) is 8.34. The van der Waals surface area contributed by atoms with E-state index in [0.717, 1.165) is 0 Å². The summed E-state index contributed by atoms with van der Waals surface area (Å²) in [6.45, 7) is 0. The standard InChI is InChI=1S/C52H32Br4Cl4O8/c53-41-45(61)29-17-31(47(41)63)38(22-3-11-26(58)12-4-22)33-19-35(51(67)43(55)49(33)65)40(24-7-15-28(60)16-8-24)36-20-34(50(66)44(56)52(36)68)39(23-5-13-27(59)14-6-23)32-18-30(46(62)42(54)48(32)64)37(29)21-1-9-25(57)10-2-21/h1-20,37-40,61-68H. The summed E-state index contributed by atoms with van der Waals surface area (Å²) < 4.78 is -0.530. The zero-order chi connectivity index (χ0) is 48.6. The van der Waals surface area contributed by atoms with Crippen LogP contribution in [-0.4, -0.2) is 40.9 Å². The lowest BCUT2D eigenvalue weighted by molar-refractivity contribution is 0.425. The fraction of sp³-hybridized carbons (Fsp3) is 0.0769. The second kappa shape index (κ2) is 18.9. The van der Waals surface area contributed by atoms with Crippen LogP contribution in [0.1, 0.15) is 90.4 Å². The first kappa shape index (κ1) is 48.3. The van der Waals surface area contributed by atoms with Gasteiger partial charge in [-0.15, -0.1) is 0 Å². The molecule has 9 rings (SSSR count). The summed E-state index contributed by atoms with van der Waals surface area (Å²) in [7, 11) is 0. The molecule has 16 heteroatoms. The molecule has 0 atom stereocenters. The first-order valence-corrected chi connectivity index (χ1v) is 25.0. The summed E-state index contributed by atoms with van der Waals surface area (Å²) in [4.78, 5) is 0. The largest absolute Gasteiger partial charge is 0.506 e. The molecule has 0 saturated carbocycles. The number of fused-ring (bicyclic) bond motifs is 8. The second-order valence-electron chi connectivity index (χ2n) is 16.2. The molecule has 8 bridgehead atoms. The van der Waals surface area contributed by atoms with Crippen molar-refractivity contribution >= 4 is 110 Å². The average Bonchev–Trinajstić information content (AvgIpc) is 3.32. The molecule has 0 heterocycles. The van der Waals surface area contributed by atoms with Crippen molar-refractivity contribution in [2.75, 3.05) is 0 Å². The van der Waals surface area contributed by atoms with E-state index in [9.17, 15) is 40.9 Å². The molecular weight excluding hydrogens is 1210 g/mol. The normalized spacial score (nSPS) is 16.7. The lowest BCUT2D eigenvalue weighted by Crippen LogP contribution is -2.13. The van der Waals surface area contributed by atoms with E-state index in [2.05, 4.69) is 63.7 Å². The summed E-state index contributed by atoms with van der Waals surface area (Å²) in [6, 6.07) is 33.0. The van der Waals surface area contributed by atoms with E-state index in [1.54, 1.807) is 121 Å². The number of phenols is 8. The number of benzene rings is 8. The van der Waals surface area contributed by atoms with E-state index >= 15 is 0 Å². The van der Waals surface area contributed by atoms with Gasteiger partial charge in [-0.2, -0.15) is 0 Å². The van der Waals surface area contributed by atoms with E-state index in [1.807, 2.05) is 0 Å². The molecule has 0 amide bonds. The van der Waals surface area contributed by atoms with Crippen LogP contribution in [0, 0.1) is 0 Å². The molecule has 8 N–H and O–H groups in total. The zero-order valence-corrected chi connectivity index (χ0v) is 43.8. The fourth-order valence-corrected chi connectivity index (χ4v) is 11.5. The molecule has 0 aliphatic heterocycles. The van der Waals surface area contributed by atoms with Gasteiger partial charge in [-0.25, -0.2) is 0 Å². The number of phenolic OH excluding ortho intramolecular Hbond substituents is 8. The Kier molecular flexibility index (Phi) is 13.4. The van der Waals surface area contributed by atoms with Gasteiger partial charge < -0.3 is 40.9 Å². The van der Waals surface area contributed by atoms with Gasteiger partial charge in [-0.1, -0.05) is 94.9 Å². The SMILES string of the molecule is Oc1c2cc(c(O)c1Br)C(c1ccc(Cl)cc1)c1cc(c(O)c(Br)c1O)C(c1ccc(Cl)cc1)c1cc(c(O)c(Br)c1O)C(c1ccc(Cl)cc1)c1cc(c(O)c(Br)c1O)C2c1ccc(Cl)cc1. The Bertz CT molecular complexity index is 2760. The minimum atomic E-state index is -1.11. The van der Waals surface area contributed by atoms with Gasteiger partial charge in [0.1, 0.15) is 63.9 Å². The van der Waals surface area contributed by atoms with E-state index < -0.39 is 69.7 Å². The average molecular weight is 1250 g/mol. The van der Waals surface area contributed by atoms with Crippen LogP contribution in [0.4, 0.5) is 0 Å². The van der Waals surface area contributed by atoms with Crippen molar-refractivity contribution < 1.29 is 40.9 Å². The van der Waals surface area contributed by atoms with Gasteiger partial charge in [0.2, 0.25) is 0 Å². The van der Waals surface area contributed by atoms with Gasteiger partial charge in [0.05, 0.1) is 0 Å². The Morgan fingerprint density at radius 3 is 0.515 bits per heavy atom. The van der Waals surface area contributed by atoms with Gasteiger partial charge in [-0.05, 0) is 159 Å². The maximum absolute atomic E-state index is 12.3. The van der Waals surface area contributed by atoms with Crippen LogP contribution in [0.2, 0.25) is 20.1 Å². The second-order valence-corrected chi connectivity index (χ2v) is 21.1. The van der Waals surface area contributed by atoms with Crippen molar-refractivity contribution in [3.63, 3.8) is 0 Å². The van der Waals surface area contributed by atoms with Gasteiger partial charge >= 0.3 is 0 Å². The topological polar surface area (TPSA) is 162 Å². The maximum atomic E-state index is 12.3. The molecule has 1 aliphatic rings. The molecule has 0 spiro atoms. The number of hydrogen-bond acceptors (Lipinski definition) is 8. The van der Waals surface area contributed by atoms with Gasteiger partial charge in [0.15, 0.2) is 0 Å². The molecule has 0 fully saturated rings. The lowest BCUT2D eigenvalue weighted by atomic mass is 9.75. The summed E-state index contributed by atoms with van der Waals surface area (Å²) in [5.74, 6) is -7.72. The van der Waals surface area contributed by atoms with E-state index in [1.165, 1.54) is 0 Å². The van der Waals surface area contributed by atoms with Crippen LogP contribution in [-0.2, 0) is 0 Å². The van der Waals surface area contributed by atoms with E-state index in [-0.39, 0.29) is 62.4 Å². The van der Waals surface area contributed by atoms with Crippen LogP contribution >= 0.6 is 110 Å². The molecule has 8 aromatic carbocycles. The van der Waals surface area contributed by atoms with Crippen molar-refractivity contribution in [2.45, 2.75) is 23.7 Å². The lowest BCUT2D eigenvalue weighted by Gasteiger charge is -2.31. The molecule has 1 aliphatic carbocycles. The number of halogens is 8. The first-order chi connectivity index (χ1) is 32.4. The Hall–Kier alpha value is -4.76. The Balaban J connectivity index is 1.54. The Morgan fingerprint density at radius 1 is 0.250 bits per heavy atom. The minimum Gasteiger partial charge on any atom is -0.506 e. The molecular formula is C52H32Br4Cl4O8. The highest BCUT2D eigenvalue weighted by molar-refractivity contribution is 9.11. The monoisotopic (exact) mass is 1240 g/mol. The molecule has 8 nitrogen and oxygen atoms in total. The summed E-state index contributed by atoms with van der Waals surface area (Å²) in [5, 5.41) is 99.8. The van der Waals surface area contributed by atoms with Crippen molar-refractivity contribution in [3.8, 4) is 46.0 Å². The van der Waals surface area contributed by atoms with Crippen LogP contribution in [0.5, 0.6) is 46.0 Å². The van der Waals surface area contributed by atoms with Crippen LogP contribution < -0.4 is 0 Å². The highest BCUT2D eigenvalue weighted by Crippen LogP contribution is 2.58. The van der Waals surface area contributed by atoms with Gasteiger partial charge in [0.25, 0.3) is 0 Å². The molecule has 344 valence electrons. The zero-order valence-electron chi connectivity index (χ0n) is 34.5. The fourth-order valence-electron chi connectivity index (χ4n) is 9.17. The number of aromatic hydroxyl groups is 8. The van der Waals surface area contributed by atoms with E-state index in [4.69, 9.17) is 46.4 Å². The molecule has 0 saturated heterocycles. The summed E-state index contributed by atoms with van der Waals surface area (Å²) in [6.07, 6.45) is 0. The number of hydrogen-bond donors (Lipinski definition) is 8. The maximum Gasteiger partial charge on any atom is 0.137 e. The quantitative estimate of drug-likeness (QED) is 0.0864. The minimum absolute atomic E-state index is 0.132. The van der Waals surface area contributed by atoms with Crippen molar-refractivity contribution in [2.24, 2.45) is 0 Å². The summed E-state index contributed by atoms with van der Waals surface area (Å²) in [5.41, 5.74) is 3.18. The highest BCUT2D eigenvalue weighted by atomic mass is 79.9. The molecule has 8 aromatic rings. The third-order valence-corrected chi connectivity index (χ3v) is 16.4. The molecule has 0 radical (unpaired) electrons. The third-order valence-electron chi connectivity index (χ3n) is 12.4. The van der Waals surface area contributed by atoms with E-state index in [0.29, 0.717) is 42.3 Å². The van der Waals surface area contributed by atoms with Gasteiger partial charge in [0, 0.05) is 88.3 Å². The first-order valence-electron chi connectivity index (χ1n) is 20.4.